The molecule has 0 aliphatic rings. The van der Waals surface area contributed by atoms with Crippen LogP contribution in [0.25, 0.3) is 0 Å². The SMILES string of the molecule is CCC(CNCc1ccc(C)cc1C)C(=O)OC. The lowest BCUT2D eigenvalue weighted by atomic mass is 10.0. The average Bonchev–Trinajstić information content (AvgIpc) is 2.36. The van der Waals surface area contributed by atoms with E-state index in [-0.39, 0.29) is 11.9 Å². The molecule has 100 valence electrons. The predicted octanol–water partition coefficient (Wildman–Crippen LogP) is 2.59. The molecule has 1 aromatic rings. The van der Waals surface area contributed by atoms with Gasteiger partial charge in [-0.05, 0) is 31.4 Å². The highest BCUT2D eigenvalue weighted by molar-refractivity contribution is 5.72. The molecule has 1 unspecified atom stereocenters. The average molecular weight is 249 g/mol. The number of esters is 1. The highest BCUT2D eigenvalue weighted by atomic mass is 16.5. The van der Waals surface area contributed by atoms with Gasteiger partial charge in [0.1, 0.15) is 0 Å². The molecule has 1 rings (SSSR count). The van der Waals surface area contributed by atoms with Gasteiger partial charge in [0.15, 0.2) is 0 Å². The fourth-order valence-electron chi connectivity index (χ4n) is 1.99. The summed E-state index contributed by atoms with van der Waals surface area (Å²) in [5.74, 6) is -0.189. The second-order valence-corrected chi connectivity index (χ2v) is 4.69. The minimum absolute atomic E-state index is 0.0549. The number of benzene rings is 1. The zero-order valence-electron chi connectivity index (χ0n) is 11.7. The molecule has 0 aliphatic carbocycles. The number of ether oxygens (including phenoxy) is 1. The first-order chi connectivity index (χ1) is 8.58. The predicted molar refractivity (Wildman–Crippen MR) is 73.4 cm³/mol. The molecule has 0 heterocycles. The minimum atomic E-state index is -0.134. The molecule has 0 saturated heterocycles. The maximum absolute atomic E-state index is 11.4. The van der Waals surface area contributed by atoms with Crippen molar-refractivity contribution in [1.82, 2.24) is 5.32 Å². The van der Waals surface area contributed by atoms with Crippen LogP contribution in [0.1, 0.15) is 30.0 Å². The molecule has 3 nitrogen and oxygen atoms in total. The van der Waals surface area contributed by atoms with E-state index in [9.17, 15) is 4.79 Å². The second-order valence-electron chi connectivity index (χ2n) is 4.69. The summed E-state index contributed by atoms with van der Waals surface area (Å²) in [4.78, 5) is 11.4. The van der Waals surface area contributed by atoms with Gasteiger partial charge in [-0.3, -0.25) is 4.79 Å². The van der Waals surface area contributed by atoms with Gasteiger partial charge in [0.2, 0.25) is 0 Å². The fraction of sp³-hybridized carbons (Fsp3) is 0.533. The van der Waals surface area contributed by atoms with Crippen LogP contribution in [0.2, 0.25) is 0 Å². The van der Waals surface area contributed by atoms with Gasteiger partial charge < -0.3 is 10.1 Å². The Labute approximate surface area is 110 Å². The van der Waals surface area contributed by atoms with Crippen LogP contribution in [0.3, 0.4) is 0 Å². The number of hydrogen-bond acceptors (Lipinski definition) is 3. The molecule has 0 saturated carbocycles. The van der Waals surface area contributed by atoms with Crippen molar-refractivity contribution in [3.05, 3.63) is 34.9 Å². The standard InChI is InChI=1S/C15H23NO2/c1-5-13(15(17)18-4)9-16-10-14-7-6-11(2)8-12(14)3/h6-8,13,16H,5,9-10H2,1-4H3. The molecule has 1 aromatic carbocycles. The molecule has 18 heavy (non-hydrogen) atoms. The van der Waals surface area contributed by atoms with Crippen molar-refractivity contribution in [3.8, 4) is 0 Å². The molecular weight excluding hydrogens is 226 g/mol. The van der Waals surface area contributed by atoms with Crippen LogP contribution in [-0.2, 0) is 16.1 Å². The summed E-state index contributed by atoms with van der Waals surface area (Å²) in [6.07, 6.45) is 0.798. The Hall–Kier alpha value is -1.35. The summed E-state index contributed by atoms with van der Waals surface area (Å²) in [7, 11) is 1.44. The van der Waals surface area contributed by atoms with Crippen molar-refractivity contribution >= 4 is 5.97 Å². The molecule has 0 amide bonds. The number of carbonyl (C=O) groups excluding carboxylic acids is 1. The summed E-state index contributed by atoms with van der Waals surface area (Å²) >= 11 is 0. The van der Waals surface area contributed by atoms with E-state index >= 15 is 0 Å². The second kappa shape index (κ2) is 7.17. The normalized spacial score (nSPS) is 12.2. The number of methoxy groups -OCH3 is 1. The molecule has 0 fully saturated rings. The third-order valence-corrected chi connectivity index (χ3v) is 3.23. The molecule has 0 aromatic heterocycles. The third-order valence-electron chi connectivity index (χ3n) is 3.23. The molecule has 0 radical (unpaired) electrons. The van der Waals surface area contributed by atoms with Crippen LogP contribution in [0.5, 0.6) is 0 Å². The van der Waals surface area contributed by atoms with E-state index < -0.39 is 0 Å². The summed E-state index contributed by atoms with van der Waals surface area (Å²) in [6, 6.07) is 6.42. The Bertz CT molecular complexity index is 401. The van der Waals surface area contributed by atoms with Gasteiger partial charge in [-0.15, -0.1) is 0 Å². The van der Waals surface area contributed by atoms with Gasteiger partial charge >= 0.3 is 5.97 Å². The largest absolute Gasteiger partial charge is 0.469 e. The first-order valence-corrected chi connectivity index (χ1v) is 6.43. The maximum atomic E-state index is 11.4. The Morgan fingerprint density at radius 1 is 1.39 bits per heavy atom. The van der Waals surface area contributed by atoms with Crippen LogP contribution in [0, 0.1) is 19.8 Å². The van der Waals surface area contributed by atoms with Gasteiger partial charge in [-0.2, -0.15) is 0 Å². The zero-order valence-corrected chi connectivity index (χ0v) is 11.7. The number of rotatable bonds is 6. The van der Waals surface area contributed by atoms with E-state index in [1.54, 1.807) is 0 Å². The summed E-state index contributed by atoms with van der Waals surface area (Å²) in [5, 5.41) is 3.33. The van der Waals surface area contributed by atoms with E-state index in [0.717, 1.165) is 13.0 Å². The molecular formula is C15H23NO2. The quantitative estimate of drug-likeness (QED) is 0.788. The number of aryl methyl sites for hydroxylation is 2. The fourth-order valence-corrected chi connectivity index (χ4v) is 1.99. The van der Waals surface area contributed by atoms with E-state index in [1.165, 1.54) is 23.8 Å². The van der Waals surface area contributed by atoms with Crippen molar-refractivity contribution in [1.29, 1.82) is 0 Å². The molecule has 1 N–H and O–H groups in total. The highest BCUT2D eigenvalue weighted by Crippen LogP contribution is 2.10. The Balaban J connectivity index is 2.48. The van der Waals surface area contributed by atoms with E-state index in [1.807, 2.05) is 6.92 Å². The number of nitrogens with one attached hydrogen (secondary N) is 1. The lowest BCUT2D eigenvalue weighted by Gasteiger charge is -2.14. The maximum Gasteiger partial charge on any atom is 0.309 e. The number of hydrogen-bond donors (Lipinski definition) is 1. The molecule has 0 aliphatic heterocycles. The van der Waals surface area contributed by atoms with Gasteiger partial charge in [0, 0.05) is 13.1 Å². The third kappa shape index (κ3) is 4.15. The first kappa shape index (κ1) is 14.7. The van der Waals surface area contributed by atoms with Crippen molar-refractivity contribution < 1.29 is 9.53 Å². The molecule has 1 atom stereocenters. The van der Waals surface area contributed by atoms with E-state index in [2.05, 4.69) is 37.4 Å². The molecule has 0 bridgehead atoms. The lowest BCUT2D eigenvalue weighted by molar-refractivity contribution is -0.145. The summed E-state index contributed by atoms with van der Waals surface area (Å²) < 4.78 is 4.77. The van der Waals surface area contributed by atoms with Crippen LogP contribution in [-0.4, -0.2) is 19.6 Å². The Kier molecular flexibility index (Phi) is 5.86. The summed E-state index contributed by atoms with van der Waals surface area (Å²) in [5.41, 5.74) is 3.84. The van der Waals surface area contributed by atoms with Crippen LogP contribution in [0.4, 0.5) is 0 Å². The van der Waals surface area contributed by atoms with Crippen LogP contribution < -0.4 is 5.32 Å². The van der Waals surface area contributed by atoms with Gasteiger partial charge in [-0.1, -0.05) is 30.7 Å². The van der Waals surface area contributed by atoms with E-state index in [4.69, 9.17) is 4.74 Å². The van der Waals surface area contributed by atoms with Crippen molar-refractivity contribution in [2.45, 2.75) is 33.7 Å². The van der Waals surface area contributed by atoms with Crippen LogP contribution in [0.15, 0.2) is 18.2 Å². The Morgan fingerprint density at radius 2 is 2.11 bits per heavy atom. The van der Waals surface area contributed by atoms with Crippen LogP contribution >= 0.6 is 0 Å². The Morgan fingerprint density at radius 3 is 2.67 bits per heavy atom. The lowest BCUT2D eigenvalue weighted by Crippen LogP contribution is -2.28. The zero-order chi connectivity index (χ0) is 13.5. The van der Waals surface area contributed by atoms with Crippen molar-refractivity contribution in [2.24, 2.45) is 5.92 Å². The topological polar surface area (TPSA) is 38.3 Å². The number of carbonyl (C=O) groups is 1. The minimum Gasteiger partial charge on any atom is -0.469 e. The first-order valence-electron chi connectivity index (χ1n) is 6.43. The smallest absolute Gasteiger partial charge is 0.309 e. The van der Waals surface area contributed by atoms with E-state index in [0.29, 0.717) is 6.54 Å². The summed E-state index contributed by atoms with van der Waals surface area (Å²) in [6.45, 7) is 7.66. The van der Waals surface area contributed by atoms with Gasteiger partial charge in [-0.25, -0.2) is 0 Å². The molecule has 3 heteroatoms. The van der Waals surface area contributed by atoms with Crippen molar-refractivity contribution in [2.75, 3.05) is 13.7 Å². The van der Waals surface area contributed by atoms with Gasteiger partial charge in [0.05, 0.1) is 13.0 Å². The van der Waals surface area contributed by atoms with Gasteiger partial charge in [0.25, 0.3) is 0 Å². The van der Waals surface area contributed by atoms with Crippen molar-refractivity contribution in [3.63, 3.8) is 0 Å². The monoisotopic (exact) mass is 249 g/mol. The molecule has 0 spiro atoms. The highest BCUT2D eigenvalue weighted by Gasteiger charge is 2.16.